The minimum atomic E-state index is -0.256. The monoisotopic (exact) mass is 422 g/mol. The second-order valence-electron chi connectivity index (χ2n) is 7.13. The van der Waals surface area contributed by atoms with Crippen molar-refractivity contribution >= 4 is 40.7 Å². The molecule has 2 amide bonds. The molecule has 3 N–H and O–H groups in total. The molecule has 5 nitrogen and oxygen atoms in total. The quantitative estimate of drug-likeness (QED) is 0.642. The van der Waals surface area contributed by atoms with E-state index in [-0.39, 0.29) is 30.9 Å². The zero-order chi connectivity index (χ0) is 20.8. The molecular weight excluding hydrogens is 397 g/mol. The highest BCUT2D eigenvalue weighted by molar-refractivity contribution is 6.35. The van der Waals surface area contributed by atoms with Crippen molar-refractivity contribution in [2.45, 2.75) is 26.8 Å². The van der Waals surface area contributed by atoms with Crippen LogP contribution in [0.15, 0.2) is 36.4 Å². The van der Waals surface area contributed by atoms with Gasteiger partial charge in [-0.2, -0.15) is 0 Å². The number of aryl methyl sites for hydroxylation is 2. The van der Waals surface area contributed by atoms with Crippen molar-refractivity contribution in [3.8, 4) is 0 Å². The number of likely N-dealkylation sites (N-methyl/N-ethyl adjacent to an activating group) is 1. The number of rotatable bonds is 7. The number of hydrogen-bond donors (Lipinski definition) is 3. The second-order valence-corrected chi connectivity index (χ2v) is 7.98. The van der Waals surface area contributed by atoms with E-state index in [0.29, 0.717) is 10.0 Å². The lowest BCUT2D eigenvalue weighted by atomic mass is 10.1. The zero-order valence-electron chi connectivity index (χ0n) is 16.5. The van der Waals surface area contributed by atoms with E-state index < -0.39 is 0 Å². The smallest absolute Gasteiger partial charge is 0.279 e. The highest BCUT2D eigenvalue weighted by atomic mass is 35.5. The molecule has 0 fully saturated rings. The highest BCUT2D eigenvalue weighted by Gasteiger charge is 2.18. The van der Waals surface area contributed by atoms with E-state index in [0.717, 1.165) is 27.3 Å². The Morgan fingerprint density at radius 2 is 1.71 bits per heavy atom. The predicted molar refractivity (Wildman–Crippen MR) is 114 cm³/mol. The zero-order valence-corrected chi connectivity index (χ0v) is 18.0. The molecule has 0 aromatic heterocycles. The van der Waals surface area contributed by atoms with Crippen LogP contribution in [0.1, 0.15) is 29.7 Å². The van der Waals surface area contributed by atoms with Gasteiger partial charge in [-0.05, 0) is 55.7 Å². The first kappa shape index (κ1) is 22.2. The van der Waals surface area contributed by atoms with Gasteiger partial charge in [0.05, 0.1) is 13.1 Å². The minimum absolute atomic E-state index is 0.132. The summed E-state index contributed by atoms with van der Waals surface area (Å²) in [6.07, 6.45) is 0. The fourth-order valence-corrected chi connectivity index (χ4v) is 3.47. The number of nitrogens with one attached hydrogen (secondary N) is 3. The van der Waals surface area contributed by atoms with Gasteiger partial charge in [0.1, 0.15) is 0 Å². The maximum atomic E-state index is 12.3. The number of quaternary nitrogens is 1. The van der Waals surface area contributed by atoms with Crippen LogP contribution in [0, 0.1) is 13.8 Å². The first-order valence-electron chi connectivity index (χ1n) is 9.08. The molecule has 0 aliphatic carbocycles. The van der Waals surface area contributed by atoms with Crippen molar-refractivity contribution in [2.75, 3.05) is 25.5 Å². The van der Waals surface area contributed by atoms with Crippen LogP contribution in [0.25, 0.3) is 0 Å². The van der Waals surface area contributed by atoms with E-state index in [2.05, 4.69) is 10.6 Å². The van der Waals surface area contributed by atoms with Crippen LogP contribution >= 0.6 is 23.2 Å². The third-order valence-corrected chi connectivity index (χ3v) is 4.96. The number of halogens is 2. The molecule has 0 bridgehead atoms. The molecule has 0 heterocycles. The van der Waals surface area contributed by atoms with Gasteiger partial charge in [0.15, 0.2) is 13.1 Å². The second kappa shape index (κ2) is 9.92. The summed E-state index contributed by atoms with van der Waals surface area (Å²) in [7, 11) is 1.81. The summed E-state index contributed by atoms with van der Waals surface area (Å²) in [6, 6.07) is 10.8. The van der Waals surface area contributed by atoms with Gasteiger partial charge in [0.2, 0.25) is 0 Å². The topological polar surface area (TPSA) is 62.6 Å². The molecule has 2 atom stereocenters. The number of carbonyl (C=O) groups is 2. The molecule has 0 aliphatic heterocycles. The van der Waals surface area contributed by atoms with Crippen molar-refractivity contribution < 1.29 is 14.5 Å². The SMILES string of the molecule is Cc1ccc(C)c(NC(=O)C[NH+](C)CC(=O)N[C@H](C)c2ccc(Cl)cc2Cl)c1. The molecule has 2 rings (SSSR count). The Bertz CT molecular complexity index is 871. The summed E-state index contributed by atoms with van der Waals surface area (Å²) < 4.78 is 0. The largest absolute Gasteiger partial charge is 0.345 e. The molecule has 2 aromatic rings. The Labute approximate surface area is 176 Å². The van der Waals surface area contributed by atoms with Crippen LogP contribution in [0.5, 0.6) is 0 Å². The van der Waals surface area contributed by atoms with E-state index in [1.807, 2.05) is 46.0 Å². The number of amides is 2. The van der Waals surface area contributed by atoms with Gasteiger partial charge in [-0.1, -0.05) is 41.4 Å². The van der Waals surface area contributed by atoms with Crippen molar-refractivity contribution in [1.29, 1.82) is 0 Å². The summed E-state index contributed by atoms with van der Waals surface area (Å²) in [4.78, 5) is 25.4. The number of anilines is 1. The predicted octanol–water partition coefficient (Wildman–Crippen LogP) is 2.94. The van der Waals surface area contributed by atoms with Crippen LogP contribution < -0.4 is 15.5 Å². The minimum Gasteiger partial charge on any atom is -0.345 e. The van der Waals surface area contributed by atoms with Crippen molar-refractivity contribution in [3.05, 3.63) is 63.1 Å². The number of benzene rings is 2. The van der Waals surface area contributed by atoms with Crippen LogP contribution in [-0.2, 0) is 9.59 Å². The Balaban J connectivity index is 1.86. The number of carbonyl (C=O) groups excluding carboxylic acids is 2. The first-order valence-corrected chi connectivity index (χ1v) is 9.84. The van der Waals surface area contributed by atoms with Crippen LogP contribution in [-0.4, -0.2) is 32.0 Å². The summed E-state index contributed by atoms with van der Waals surface area (Å²) in [6.45, 7) is 6.15. The van der Waals surface area contributed by atoms with Gasteiger partial charge < -0.3 is 15.5 Å². The van der Waals surface area contributed by atoms with E-state index in [1.165, 1.54) is 0 Å². The van der Waals surface area contributed by atoms with E-state index >= 15 is 0 Å². The van der Waals surface area contributed by atoms with Gasteiger partial charge in [-0.3, -0.25) is 9.59 Å². The van der Waals surface area contributed by atoms with E-state index in [9.17, 15) is 9.59 Å². The Morgan fingerprint density at radius 3 is 2.39 bits per heavy atom. The van der Waals surface area contributed by atoms with E-state index in [1.54, 1.807) is 18.2 Å². The molecule has 0 saturated carbocycles. The van der Waals surface area contributed by atoms with Crippen molar-refractivity contribution in [3.63, 3.8) is 0 Å². The van der Waals surface area contributed by atoms with Crippen LogP contribution in [0.4, 0.5) is 5.69 Å². The molecule has 0 radical (unpaired) electrons. The Kier molecular flexibility index (Phi) is 7.87. The molecule has 1 unspecified atom stereocenters. The lowest BCUT2D eigenvalue weighted by molar-refractivity contribution is -0.862. The summed E-state index contributed by atoms with van der Waals surface area (Å²) in [5.74, 6) is -0.289. The maximum Gasteiger partial charge on any atom is 0.279 e. The van der Waals surface area contributed by atoms with Gasteiger partial charge in [-0.15, -0.1) is 0 Å². The fourth-order valence-electron chi connectivity index (χ4n) is 2.90. The lowest BCUT2D eigenvalue weighted by Gasteiger charge is -2.18. The first-order chi connectivity index (χ1) is 13.2. The average molecular weight is 423 g/mol. The molecule has 0 aliphatic rings. The van der Waals surface area contributed by atoms with Crippen molar-refractivity contribution in [1.82, 2.24) is 5.32 Å². The maximum absolute atomic E-state index is 12.3. The summed E-state index contributed by atoms with van der Waals surface area (Å²) >= 11 is 12.1. The molecule has 7 heteroatoms. The van der Waals surface area contributed by atoms with Gasteiger partial charge in [0, 0.05) is 15.7 Å². The lowest BCUT2D eigenvalue weighted by Crippen LogP contribution is -3.11. The van der Waals surface area contributed by atoms with Gasteiger partial charge in [-0.25, -0.2) is 0 Å². The molecule has 0 saturated heterocycles. The Hall–Kier alpha value is -2.08. The number of hydrogen-bond acceptors (Lipinski definition) is 2. The normalized spacial score (nSPS) is 12.9. The van der Waals surface area contributed by atoms with E-state index in [4.69, 9.17) is 23.2 Å². The van der Waals surface area contributed by atoms with Gasteiger partial charge >= 0.3 is 0 Å². The molecule has 28 heavy (non-hydrogen) atoms. The standard InChI is InChI=1S/C21H25Cl2N3O2/c1-13-5-6-14(2)19(9-13)25-21(28)12-26(4)11-20(27)24-15(3)17-8-7-16(22)10-18(17)23/h5-10,15H,11-12H2,1-4H3,(H,24,27)(H,25,28)/p+1/t15-/m1/s1. The van der Waals surface area contributed by atoms with Gasteiger partial charge in [0.25, 0.3) is 11.8 Å². The summed E-state index contributed by atoms with van der Waals surface area (Å²) in [5, 5.41) is 6.88. The third-order valence-electron chi connectivity index (χ3n) is 4.40. The molecular formula is C21H26Cl2N3O2+. The fraction of sp³-hybridized carbons (Fsp3) is 0.333. The highest BCUT2D eigenvalue weighted by Crippen LogP contribution is 2.25. The molecule has 150 valence electrons. The average Bonchev–Trinajstić information content (AvgIpc) is 2.57. The third kappa shape index (κ3) is 6.51. The summed E-state index contributed by atoms with van der Waals surface area (Å²) in [5.41, 5.74) is 3.68. The van der Waals surface area contributed by atoms with Crippen molar-refractivity contribution in [2.24, 2.45) is 0 Å². The Morgan fingerprint density at radius 1 is 1.04 bits per heavy atom. The molecule has 0 spiro atoms. The molecule has 2 aromatic carbocycles. The van der Waals surface area contributed by atoms with Crippen LogP contribution in [0.2, 0.25) is 10.0 Å². The van der Waals surface area contributed by atoms with Crippen LogP contribution in [0.3, 0.4) is 0 Å².